The molecule has 0 unspecified atom stereocenters. The minimum Gasteiger partial charge on any atom is -0.383 e. The van der Waals surface area contributed by atoms with Crippen LogP contribution in [0.2, 0.25) is 0 Å². The van der Waals surface area contributed by atoms with Gasteiger partial charge in [-0.3, -0.25) is 19.1 Å². The molecule has 2 aromatic rings. The Labute approximate surface area is 168 Å². The van der Waals surface area contributed by atoms with E-state index in [1.807, 2.05) is 36.4 Å². The Morgan fingerprint density at radius 2 is 2.07 bits per heavy atom. The number of nitrogens with zero attached hydrogens (tertiary/aromatic N) is 2. The van der Waals surface area contributed by atoms with Crippen LogP contribution in [0.3, 0.4) is 0 Å². The van der Waals surface area contributed by atoms with Gasteiger partial charge < -0.3 is 15.4 Å². The summed E-state index contributed by atoms with van der Waals surface area (Å²) in [4.78, 5) is 41.7. The van der Waals surface area contributed by atoms with Crippen molar-refractivity contribution in [3.63, 3.8) is 0 Å². The predicted molar refractivity (Wildman–Crippen MR) is 112 cm³/mol. The quantitative estimate of drug-likeness (QED) is 0.657. The highest BCUT2D eigenvalue weighted by molar-refractivity contribution is 5.95. The van der Waals surface area contributed by atoms with Gasteiger partial charge in [0.1, 0.15) is 5.82 Å². The second-order valence-corrected chi connectivity index (χ2v) is 7.07. The molecule has 154 valence electrons. The molecular weight excluding hydrogens is 372 g/mol. The lowest BCUT2D eigenvalue weighted by Gasteiger charge is -2.25. The fourth-order valence-electron chi connectivity index (χ4n) is 3.50. The molecule has 1 aliphatic rings. The van der Waals surface area contributed by atoms with Crippen LogP contribution >= 0.6 is 0 Å². The van der Waals surface area contributed by atoms with Gasteiger partial charge in [-0.25, -0.2) is 4.79 Å². The zero-order valence-electron chi connectivity index (χ0n) is 16.5. The number of methoxy groups -OCH3 is 1. The molecule has 3 N–H and O–H groups in total. The minimum atomic E-state index is -0.674. The topological polar surface area (TPSA) is 110 Å². The van der Waals surface area contributed by atoms with E-state index in [2.05, 4.69) is 11.1 Å². The van der Waals surface area contributed by atoms with Crippen LogP contribution in [0.25, 0.3) is 0 Å². The summed E-state index contributed by atoms with van der Waals surface area (Å²) in [6.45, 7) is 0.602. The van der Waals surface area contributed by atoms with Crippen molar-refractivity contribution < 1.29 is 9.53 Å². The number of amides is 1. The van der Waals surface area contributed by atoms with E-state index in [1.165, 1.54) is 16.6 Å². The number of carbonyl (C=O) groups is 1. The van der Waals surface area contributed by atoms with Crippen LogP contribution in [0.1, 0.15) is 24.8 Å². The van der Waals surface area contributed by atoms with Crippen molar-refractivity contribution in [1.82, 2.24) is 9.55 Å². The van der Waals surface area contributed by atoms with E-state index >= 15 is 0 Å². The number of ether oxygens (including phenoxy) is 1. The molecule has 1 aromatic carbocycles. The highest BCUT2D eigenvalue weighted by Gasteiger charge is 2.26. The smallest absolute Gasteiger partial charge is 0.330 e. The molecule has 29 heavy (non-hydrogen) atoms. The normalized spacial score (nSPS) is 15.6. The monoisotopic (exact) mass is 398 g/mol. The van der Waals surface area contributed by atoms with Crippen LogP contribution in [0.4, 0.5) is 11.5 Å². The van der Waals surface area contributed by atoms with Gasteiger partial charge in [0.05, 0.1) is 19.7 Å². The van der Waals surface area contributed by atoms with Crippen LogP contribution < -0.4 is 21.9 Å². The first-order chi connectivity index (χ1) is 14.0. The lowest BCUT2D eigenvalue weighted by atomic mass is 10.0. The van der Waals surface area contributed by atoms with Gasteiger partial charge in [-0.2, -0.15) is 0 Å². The third-order valence-electron chi connectivity index (χ3n) is 5.04. The van der Waals surface area contributed by atoms with E-state index in [0.717, 1.165) is 18.4 Å². The van der Waals surface area contributed by atoms with Crippen molar-refractivity contribution in [2.24, 2.45) is 5.92 Å². The number of allylic oxidation sites excluding steroid dienone is 2. The number of nitrogens with two attached hydrogens (primary N) is 1. The van der Waals surface area contributed by atoms with Crippen LogP contribution in [0, 0.1) is 5.92 Å². The van der Waals surface area contributed by atoms with Crippen molar-refractivity contribution in [2.45, 2.75) is 32.4 Å². The first-order valence-electron chi connectivity index (χ1n) is 9.63. The summed E-state index contributed by atoms with van der Waals surface area (Å²) in [5, 5.41) is 0. The lowest BCUT2D eigenvalue weighted by molar-refractivity contribution is -0.119. The summed E-state index contributed by atoms with van der Waals surface area (Å²) in [6.07, 6.45) is 6.22. The maximum Gasteiger partial charge on any atom is 0.330 e. The van der Waals surface area contributed by atoms with Gasteiger partial charge in [0.2, 0.25) is 5.91 Å². The van der Waals surface area contributed by atoms with Crippen molar-refractivity contribution in [3.8, 4) is 0 Å². The molecule has 3 rings (SSSR count). The van der Waals surface area contributed by atoms with Crippen molar-refractivity contribution >= 4 is 17.4 Å². The molecule has 8 nitrogen and oxygen atoms in total. The number of hydrogen-bond donors (Lipinski definition) is 2. The third-order valence-corrected chi connectivity index (χ3v) is 5.04. The predicted octanol–water partition coefficient (Wildman–Crippen LogP) is 1.65. The van der Waals surface area contributed by atoms with E-state index in [4.69, 9.17) is 10.5 Å². The minimum absolute atomic E-state index is 0.00321. The third kappa shape index (κ3) is 4.83. The number of carbonyl (C=O) groups excluding carboxylic acids is 1. The van der Waals surface area contributed by atoms with E-state index in [9.17, 15) is 14.4 Å². The summed E-state index contributed by atoms with van der Waals surface area (Å²) < 4.78 is 6.25. The highest BCUT2D eigenvalue weighted by Crippen LogP contribution is 2.25. The second kappa shape index (κ2) is 9.38. The molecule has 1 aliphatic carbocycles. The molecule has 1 aromatic heterocycles. The number of nitrogen functional groups attached to an aromatic ring is 1. The number of anilines is 2. The fourth-order valence-corrected chi connectivity index (χ4v) is 3.50. The number of H-pyrrole nitrogens is 1. The molecule has 0 saturated heterocycles. The first kappa shape index (κ1) is 20.6. The molecule has 0 bridgehead atoms. The van der Waals surface area contributed by atoms with Gasteiger partial charge in [-0.15, -0.1) is 0 Å². The van der Waals surface area contributed by atoms with Crippen LogP contribution in [0.5, 0.6) is 0 Å². The average Bonchev–Trinajstić information content (AvgIpc) is 3.20. The highest BCUT2D eigenvalue weighted by atomic mass is 16.5. The molecule has 0 radical (unpaired) electrons. The number of rotatable bonds is 8. The first-order valence-corrected chi connectivity index (χ1v) is 9.63. The Kier molecular flexibility index (Phi) is 6.66. The number of aromatic amines is 1. The van der Waals surface area contributed by atoms with E-state index in [-0.39, 0.29) is 49.4 Å². The largest absolute Gasteiger partial charge is 0.383 e. The molecule has 0 spiro atoms. The zero-order chi connectivity index (χ0) is 20.8. The zero-order valence-corrected chi connectivity index (χ0v) is 16.5. The lowest BCUT2D eigenvalue weighted by Crippen LogP contribution is -2.41. The Balaban J connectivity index is 2.02. The Hall–Kier alpha value is -3.13. The maximum absolute atomic E-state index is 13.2. The van der Waals surface area contributed by atoms with E-state index in [1.54, 1.807) is 0 Å². The fraction of sp³-hybridized carbons (Fsp3) is 0.381. The van der Waals surface area contributed by atoms with Crippen molar-refractivity contribution in [1.29, 1.82) is 0 Å². The molecule has 0 aliphatic heterocycles. The number of benzene rings is 1. The molecule has 1 amide bonds. The number of nitrogens with one attached hydrogen (secondary N) is 1. The van der Waals surface area contributed by atoms with Gasteiger partial charge in [0, 0.05) is 13.5 Å². The Bertz CT molecular complexity index is 994. The molecule has 8 heteroatoms. The van der Waals surface area contributed by atoms with E-state index in [0.29, 0.717) is 0 Å². The molecule has 0 saturated carbocycles. The average molecular weight is 398 g/mol. The van der Waals surface area contributed by atoms with Crippen LogP contribution in [-0.2, 0) is 22.6 Å². The van der Waals surface area contributed by atoms with Crippen LogP contribution in [0.15, 0.2) is 52.1 Å². The van der Waals surface area contributed by atoms with Gasteiger partial charge in [0.25, 0.3) is 5.56 Å². The second-order valence-electron chi connectivity index (χ2n) is 7.07. The van der Waals surface area contributed by atoms with Gasteiger partial charge in [-0.05, 0) is 24.3 Å². The number of aromatic nitrogens is 2. The molecule has 1 heterocycles. The SMILES string of the molecule is COCCn1c(N)c(N(Cc2ccccc2)C(=O)C[C@H]2C=CCC2)c(=O)[nH]c1=O. The number of hydrogen-bond acceptors (Lipinski definition) is 5. The van der Waals surface area contributed by atoms with Gasteiger partial charge in [0.15, 0.2) is 5.69 Å². The van der Waals surface area contributed by atoms with Crippen molar-refractivity contribution in [2.75, 3.05) is 24.4 Å². The van der Waals surface area contributed by atoms with E-state index < -0.39 is 11.2 Å². The molecule has 0 fully saturated rings. The molecular formula is C21H26N4O4. The summed E-state index contributed by atoms with van der Waals surface area (Å²) >= 11 is 0. The Morgan fingerprint density at radius 1 is 1.31 bits per heavy atom. The van der Waals surface area contributed by atoms with Gasteiger partial charge >= 0.3 is 5.69 Å². The van der Waals surface area contributed by atoms with Crippen LogP contribution in [-0.4, -0.2) is 29.2 Å². The Morgan fingerprint density at radius 3 is 2.72 bits per heavy atom. The summed E-state index contributed by atoms with van der Waals surface area (Å²) in [5.74, 6) is -0.109. The summed E-state index contributed by atoms with van der Waals surface area (Å²) in [6, 6.07) is 9.36. The molecule has 1 atom stereocenters. The van der Waals surface area contributed by atoms with Gasteiger partial charge in [-0.1, -0.05) is 42.5 Å². The van der Waals surface area contributed by atoms with Crippen molar-refractivity contribution in [3.05, 3.63) is 68.9 Å². The summed E-state index contributed by atoms with van der Waals surface area (Å²) in [7, 11) is 1.51. The maximum atomic E-state index is 13.2. The summed E-state index contributed by atoms with van der Waals surface area (Å²) in [5.41, 5.74) is 5.76. The standard InChI is InChI=1S/C21H26N4O4/c1-29-12-11-24-19(22)18(20(27)23-21(24)28)25(14-16-9-3-2-4-10-16)17(26)13-15-7-5-6-8-15/h2-5,7,9-10,15H,6,8,11-14,22H2,1H3,(H,23,27,28)/t15-/m0/s1.